The van der Waals surface area contributed by atoms with Crippen molar-refractivity contribution in [2.45, 2.75) is 40.3 Å². The van der Waals surface area contributed by atoms with E-state index in [4.69, 9.17) is 0 Å². The average Bonchev–Trinajstić information content (AvgIpc) is 2.81. The van der Waals surface area contributed by atoms with Gasteiger partial charge in [0.15, 0.2) is 0 Å². The number of nitrogens with one attached hydrogen (secondary N) is 1. The smallest absolute Gasteiger partial charge is 1.00 e. The molecular weight excluding hydrogens is 381 g/mol. The largest absolute Gasteiger partial charge is 1.00 e. The fourth-order valence-corrected chi connectivity index (χ4v) is 12.0. The zero-order chi connectivity index (χ0) is 15.6. The molecule has 6 heteroatoms. The average molecular weight is 405 g/mol. The van der Waals surface area contributed by atoms with Crippen molar-refractivity contribution < 1.29 is 47.0 Å². The molecule has 23 heavy (non-hydrogen) atoms. The summed E-state index contributed by atoms with van der Waals surface area (Å²) < 4.78 is 5.00. The molecule has 0 bridgehead atoms. The van der Waals surface area contributed by atoms with Crippen LogP contribution >= 0.6 is 0 Å². The van der Waals surface area contributed by atoms with Gasteiger partial charge < -0.3 is 24.8 Å². The van der Waals surface area contributed by atoms with E-state index in [-0.39, 0.29) is 30.7 Å². The Morgan fingerprint density at radius 2 is 1.70 bits per heavy atom. The minimum Gasteiger partial charge on any atom is -1.00 e. The predicted octanol–water partition coefficient (Wildman–Crippen LogP) is -2.21. The molecule has 1 amide bonds. The number of benzene rings is 1. The first-order valence-corrected chi connectivity index (χ1v) is 14.7. The van der Waals surface area contributed by atoms with Gasteiger partial charge in [0.05, 0.1) is 0 Å². The molecule has 1 N–H and O–H groups in total. The van der Waals surface area contributed by atoms with E-state index in [0.717, 1.165) is 23.1 Å². The van der Waals surface area contributed by atoms with Crippen molar-refractivity contribution in [1.29, 1.82) is 0 Å². The summed E-state index contributed by atoms with van der Waals surface area (Å²) in [7, 11) is 0. The number of hydrogen-bond donors (Lipinski definition) is 1. The van der Waals surface area contributed by atoms with E-state index in [1.807, 2.05) is 32.0 Å². The van der Waals surface area contributed by atoms with Crippen molar-refractivity contribution in [3.63, 3.8) is 0 Å². The minimum absolute atomic E-state index is 0. The molecule has 2 nitrogen and oxygen atoms in total. The summed E-state index contributed by atoms with van der Waals surface area (Å²) in [5.41, 5.74) is 4.38. The van der Waals surface area contributed by atoms with Crippen molar-refractivity contribution in [3.05, 3.63) is 56.5 Å². The van der Waals surface area contributed by atoms with Crippen molar-refractivity contribution in [2.24, 2.45) is 0 Å². The molecular formula is C17H24Cl2NOSiTi. The van der Waals surface area contributed by atoms with Crippen molar-refractivity contribution in [1.82, 2.24) is 3.80 Å². The number of hydrogen-bond acceptors (Lipinski definition) is 1. The number of halogens is 2. The van der Waals surface area contributed by atoms with Gasteiger partial charge in [0.2, 0.25) is 0 Å². The van der Waals surface area contributed by atoms with Crippen LogP contribution in [-0.4, -0.2) is 12.6 Å². The molecule has 1 aromatic carbocycles. The van der Waals surface area contributed by atoms with Crippen molar-refractivity contribution in [2.75, 3.05) is 0 Å². The second-order valence-corrected chi connectivity index (χ2v) is 18.9. The maximum atomic E-state index is 12.7. The second kappa shape index (κ2) is 9.85. The first kappa shape index (κ1) is 22.7. The van der Waals surface area contributed by atoms with Crippen LogP contribution in [0.5, 0.6) is 0 Å². The molecule has 0 aromatic heterocycles. The van der Waals surface area contributed by atoms with Gasteiger partial charge in [-0.05, 0) is 0 Å². The second-order valence-electron chi connectivity index (χ2n) is 6.11. The van der Waals surface area contributed by atoms with E-state index in [9.17, 15) is 4.79 Å². The number of carbonyl (C=O) groups excluding carboxylic acids is 1. The first-order chi connectivity index (χ1) is 9.90. The summed E-state index contributed by atoms with van der Waals surface area (Å²) in [5.74, 6) is 0.146. The van der Waals surface area contributed by atoms with Crippen LogP contribution in [0.1, 0.15) is 34.8 Å². The van der Waals surface area contributed by atoms with Crippen LogP contribution in [0.3, 0.4) is 0 Å². The zero-order valence-corrected chi connectivity index (χ0v) is 18.6. The molecule has 0 unspecified atom stereocenters. The fraction of sp³-hybridized carbons (Fsp3) is 0.353. The molecule has 125 valence electrons. The maximum Gasteiger partial charge on any atom is -1.00 e. The zero-order valence-electron chi connectivity index (χ0n) is 14.3. The van der Waals surface area contributed by atoms with Crippen LogP contribution < -0.4 is 28.6 Å². The van der Waals surface area contributed by atoms with Gasteiger partial charge in [-0.2, -0.15) is 0 Å². The molecule has 0 fully saturated rings. The minimum atomic E-state index is -1.63. The van der Waals surface area contributed by atoms with Crippen LogP contribution in [0.15, 0.2) is 39.8 Å². The Hall–Kier alpha value is -0.319. The van der Waals surface area contributed by atoms with Crippen LogP contribution in [0.4, 0.5) is 0 Å². The standard InChI is InChI=1S/C9H11NO.C6H7.C2H7Si.2ClH.Ti/c1-6-4-3-5-7(2)8(6)9(10)11;1-6-4-2-3-5-6;1-3-2;;;/h3-5H,1-2H3,(H2,10,11);4-5H,2H2,1H3;3H,1-2H3;2*1H;/q;;;;;+3/p-3. The third-order valence-electron chi connectivity index (χ3n) is 3.93. The molecule has 0 saturated heterocycles. The number of aryl methyl sites for hydroxylation is 2. The molecule has 0 heterocycles. The van der Waals surface area contributed by atoms with Crippen molar-refractivity contribution in [3.8, 4) is 0 Å². The van der Waals surface area contributed by atoms with Crippen molar-refractivity contribution >= 4 is 12.6 Å². The molecule has 0 aliphatic heterocycles. The van der Waals surface area contributed by atoms with Gasteiger partial charge in [0, 0.05) is 0 Å². The molecule has 1 aromatic rings. The van der Waals surface area contributed by atoms with Gasteiger partial charge in [0.25, 0.3) is 0 Å². The molecule has 2 rings (SSSR count). The van der Waals surface area contributed by atoms with Gasteiger partial charge >= 0.3 is 135 Å². The number of carbonyl (C=O) groups is 1. The summed E-state index contributed by atoms with van der Waals surface area (Å²) in [5, 5.41) is 0. The Balaban J connectivity index is 0.00000242. The Labute approximate surface area is 159 Å². The van der Waals surface area contributed by atoms with Crippen LogP contribution in [0.25, 0.3) is 0 Å². The molecule has 1 aliphatic rings. The van der Waals surface area contributed by atoms with Crippen LogP contribution in [0, 0.1) is 13.8 Å². The molecule has 0 atom stereocenters. The summed E-state index contributed by atoms with van der Waals surface area (Å²) in [4.78, 5) is 12.7. The number of rotatable bonds is 4. The third-order valence-corrected chi connectivity index (χ3v) is 15.0. The molecule has 0 spiro atoms. The normalized spacial score (nSPS) is 12.8. The van der Waals surface area contributed by atoms with Gasteiger partial charge in [0.1, 0.15) is 0 Å². The summed E-state index contributed by atoms with van der Waals surface area (Å²) >= 11 is -1.63. The number of allylic oxidation sites excluding steroid dienone is 4. The van der Waals surface area contributed by atoms with Gasteiger partial charge in [-0.15, -0.1) is 0 Å². The van der Waals surface area contributed by atoms with E-state index < -0.39 is 24.0 Å². The van der Waals surface area contributed by atoms with E-state index in [0.29, 0.717) is 0 Å². The summed E-state index contributed by atoms with van der Waals surface area (Å²) in [6, 6.07) is 6.06. The molecule has 0 radical (unpaired) electrons. The Morgan fingerprint density at radius 1 is 1.13 bits per heavy atom. The maximum absolute atomic E-state index is 12.7. The van der Waals surface area contributed by atoms with E-state index in [1.165, 1.54) is 9.45 Å². The Bertz CT molecular complexity index is 609. The van der Waals surface area contributed by atoms with Gasteiger partial charge in [-0.3, -0.25) is 0 Å². The molecule has 1 aliphatic carbocycles. The third kappa shape index (κ3) is 5.61. The fourth-order valence-electron chi connectivity index (χ4n) is 2.80. The Morgan fingerprint density at radius 3 is 2.13 bits per heavy atom. The quantitative estimate of drug-likeness (QED) is 0.566. The van der Waals surface area contributed by atoms with Crippen LogP contribution in [-0.2, 0) is 17.4 Å². The summed E-state index contributed by atoms with van der Waals surface area (Å²) in [6.07, 6.45) is 5.65. The van der Waals surface area contributed by atoms with E-state index >= 15 is 0 Å². The predicted molar refractivity (Wildman–Crippen MR) is 88.7 cm³/mol. The Kier molecular flexibility index (Phi) is 9.71. The topological polar surface area (TPSA) is 29.1 Å². The SMILES string of the molecule is CC1=CC[C]([Ti+2]([NH]C(=O)c2c(C)cccc2C)[SiH](C)C)=C1.[Cl-].[Cl-]. The van der Waals surface area contributed by atoms with Crippen LogP contribution in [0.2, 0.25) is 13.1 Å². The van der Waals surface area contributed by atoms with E-state index in [1.54, 1.807) is 0 Å². The molecule has 0 saturated carbocycles. The first-order valence-electron chi connectivity index (χ1n) is 7.52. The summed E-state index contributed by atoms with van der Waals surface area (Å²) in [6.45, 7) is 10.1. The number of amides is 1. The van der Waals surface area contributed by atoms with Gasteiger partial charge in [-0.1, -0.05) is 0 Å². The van der Waals surface area contributed by atoms with Gasteiger partial charge in [-0.25, -0.2) is 0 Å². The van der Waals surface area contributed by atoms with E-state index in [2.05, 4.69) is 36.0 Å². The monoisotopic (exact) mass is 404 g/mol.